The molecule has 2 N–H and O–H groups in total. The van der Waals surface area contributed by atoms with E-state index < -0.39 is 11.7 Å². The van der Waals surface area contributed by atoms with E-state index in [4.69, 9.17) is 0 Å². The third kappa shape index (κ3) is 4.24. The maximum atomic E-state index is 12.9. The molecule has 1 aromatic heterocycles. The smallest absolute Gasteiger partial charge is 0.381 e. The Balaban J connectivity index is 1.40. The van der Waals surface area contributed by atoms with Crippen LogP contribution in [0.2, 0.25) is 0 Å². The zero-order valence-electron chi connectivity index (χ0n) is 14.8. The molecule has 0 unspecified atom stereocenters. The van der Waals surface area contributed by atoms with E-state index in [1.807, 2.05) is 12.1 Å². The van der Waals surface area contributed by atoms with Gasteiger partial charge in [-0.3, -0.25) is 10.00 Å². The fraction of sp³-hybridized carbons (Fsp3) is 0.350. The van der Waals surface area contributed by atoms with Crippen LogP contribution in [0.5, 0.6) is 0 Å². The Hall–Kier alpha value is -2.54. The fourth-order valence-electron chi connectivity index (χ4n) is 3.69. The molecule has 7 heteroatoms. The molecule has 4 rings (SSSR count). The molecule has 0 saturated carbocycles. The molecular weight excluding hydrogens is 353 g/mol. The number of fused-ring (bicyclic) bond motifs is 1. The third-order valence-electron chi connectivity index (χ3n) is 4.98. The number of anilines is 1. The first-order valence-electron chi connectivity index (χ1n) is 9.05. The van der Waals surface area contributed by atoms with Gasteiger partial charge in [-0.1, -0.05) is 18.2 Å². The highest BCUT2D eigenvalue weighted by Crippen LogP contribution is 2.30. The van der Waals surface area contributed by atoms with Crippen LogP contribution in [0.25, 0.3) is 10.9 Å². The van der Waals surface area contributed by atoms with Crippen LogP contribution in [0.1, 0.15) is 24.0 Å². The van der Waals surface area contributed by atoms with Gasteiger partial charge in [0, 0.05) is 30.2 Å². The number of likely N-dealkylation sites (tertiary alicyclic amines) is 1. The van der Waals surface area contributed by atoms with E-state index in [-0.39, 0.29) is 6.04 Å². The van der Waals surface area contributed by atoms with Crippen molar-refractivity contribution < 1.29 is 13.2 Å². The number of H-pyrrole nitrogens is 1. The van der Waals surface area contributed by atoms with Gasteiger partial charge in [-0.05, 0) is 49.2 Å². The number of nitrogens with one attached hydrogen (secondary N) is 2. The van der Waals surface area contributed by atoms with E-state index in [9.17, 15) is 13.2 Å². The number of hydrogen-bond donors (Lipinski definition) is 2. The number of aromatic nitrogens is 2. The first kappa shape index (κ1) is 17.9. The molecule has 27 heavy (non-hydrogen) atoms. The van der Waals surface area contributed by atoms with Gasteiger partial charge >= 0.3 is 6.18 Å². The third-order valence-corrected chi connectivity index (χ3v) is 4.98. The van der Waals surface area contributed by atoms with Crippen LogP contribution in [0.3, 0.4) is 0 Å². The predicted octanol–water partition coefficient (Wildman–Crippen LogP) is 4.66. The molecule has 1 aliphatic rings. The SMILES string of the molecule is FC(F)(F)c1cccc(CN2CCC[C@H](Nc3ccc4[nH]ncc4c3)C2)c1. The van der Waals surface area contributed by atoms with Gasteiger partial charge in [0.05, 0.1) is 17.3 Å². The highest BCUT2D eigenvalue weighted by molar-refractivity contribution is 5.81. The number of rotatable bonds is 4. The molecule has 1 atom stereocenters. The van der Waals surface area contributed by atoms with Gasteiger partial charge in [0.25, 0.3) is 0 Å². The first-order valence-corrected chi connectivity index (χ1v) is 9.05. The Kier molecular flexibility index (Phi) is 4.78. The van der Waals surface area contributed by atoms with Crippen LogP contribution in [-0.4, -0.2) is 34.2 Å². The summed E-state index contributed by atoms with van der Waals surface area (Å²) in [5.74, 6) is 0. The zero-order valence-corrected chi connectivity index (χ0v) is 14.8. The summed E-state index contributed by atoms with van der Waals surface area (Å²) in [6.07, 6.45) is -0.442. The van der Waals surface area contributed by atoms with E-state index in [1.165, 1.54) is 12.1 Å². The molecule has 0 radical (unpaired) electrons. The number of nitrogens with zero attached hydrogens (tertiary/aromatic N) is 2. The van der Waals surface area contributed by atoms with Gasteiger partial charge in [0.2, 0.25) is 0 Å². The zero-order chi connectivity index (χ0) is 18.9. The van der Waals surface area contributed by atoms with Gasteiger partial charge in [-0.2, -0.15) is 18.3 Å². The molecule has 0 amide bonds. The second-order valence-corrected chi connectivity index (χ2v) is 7.09. The summed E-state index contributed by atoms with van der Waals surface area (Å²) in [4.78, 5) is 2.22. The highest BCUT2D eigenvalue weighted by Gasteiger charge is 2.30. The standard InChI is InChI=1S/C20H21F3N4/c21-20(22,23)16-4-1-3-14(9-16)12-27-8-2-5-18(13-27)25-17-6-7-19-15(10-17)11-24-26-19/h1,3-4,6-7,9-11,18,25H,2,5,8,12-13H2,(H,24,26)/t18-/m0/s1. The van der Waals surface area contributed by atoms with Gasteiger partial charge in [-0.25, -0.2) is 0 Å². The Morgan fingerprint density at radius 2 is 2.07 bits per heavy atom. The molecule has 1 saturated heterocycles. The molecule has 3 aromatic rings. The predicted molar refractivity (Wildman–Crippen MR) is 99.5 cm³/mol. The van der Waals surface area contributed by atoms with Crippen LogP contribution in [0.15, 0.2) is 48.7 Å². The minimum atomic E-state index is -4.30. The maximum absolute atomic E-state index is 12.9. The molecule has 2 aromatic carbocycles. The molecule has 0 bridgehead atoms. The van der Waals surface area contributed by atoms with Crippen molar-refractivity contribution in [2.45, 2.75) is 31.6 Å². The van der Waals surface area contributed by atoms with Crippen molar-refractivity contribution in [2.75, 3.05) is 18.4 Å². The average Bonchev–Trinajstić information content (AvgIpc) is 3.09. The molecule has 0 aliphatic carbocycles. The molecule has 0 spiro atoms. The largest absolute Gasteiger partial charge is 0.416 e. The van der Waals surface area contributed by atoms with Crippen LogP contribution in [0.4, 0.5) is 18.9 Å². The lowest BCUT2D eigenvalue weighted by molar-refractivity contribution is -0.137. The van der Waals surface area contributed by atoms with E-state index in [1.54, 1.807) is 12.3 Å². The first-order chi connectivity index (χ1) is 13.0. The monoisotopic (exact) mass is 374 g/mol. The Morgan fingerprint density at radius 3 is 2.93 bits per heavy atom. The van der Waals surface area contributed by atoms with Crippen LogP contribution in [0, 0.1) is 0 Å². The summed E-state index contributed by atoms with van der Waals surface area (Å²) in [6, 6.07) is 12.0. The number of halogens is 3. The van der Waals surface area contributed by atoms with Crippen molar-refractivity contribution in [2.24, 2.45) is 0 Å². The van der Waals surface area contributed by atoms with Crippen LogP contribution >= 0.6 is 0 Å². The van der Waals surface area contributed by atoms with Crippen molar-refractivity contribution in [1.29, 1.82) is 0 Å². The lowest BCUT2D eigenvalue weighted by Crippen LogP contribution is -2.41. The molecule has 1 aliphatic heterocycles. The van der Waals surface area contributed by atoms with E-state index in [2.05, 4.69) is 26.5 Å². The quantitative estimate of drug-likeness (QED) is 0.698. The number of aromatic amines is 1. The van der Waals surface area contributed by atoms with Gasteiger partial charge < -0.3 is 5.32 Å². The van der Waals surface area contributed by atoms with E-state index in [0.29, 0.717) is 12.1 Å². The van der Waals surface area contributed by atoms with Crippen LogP contribution in [-0.2, 0) is 12.7 Å². The van der Waals surface area contributed by atoms with Gasteiger partial charge in [0.15, 0.2) is 0 Å². The number of piperidine rings is 1. The van der Waals surface area contributed by atoms with E-state index >= 15 is 0 Å². The normalized spacial score (nSPS) is 18.7. The van der Waals surface area contributed by atoms with Gasteiger partial charge in [-0.15, -0.1) is 0 Å². The van der Waals surface area contributed by atoms with Crippen molar-refractivity contribution in [1.82, 2.24) is 15.1 Å². The second-order valence-electron chi connectivity index (χ2n) is 7.09. The molecule has 4 nitrogen and oxygen atoms in total. The molecule has 1 fully saturated rings. The number of benzene rings is 2. The minimum absolute atomic E-state index is 0.272. The van der Waals surface area contributed by atoms with Crippen LogP contribution < -0.4 is 5.32 Å². The van der Waals surface area contributed by atoms with Crippen molar-refractivity contribution >= 4 is 16.6 Å². The van der Waals surface area contributed by atoms with Crippen molar-refractivity contribution in [3.05, 3.63) is 59.8 Å². The minimum Gasteiger partial charge on any atom is -0.381 e. The topological polar surface area (TPSA) is 44.0 Å². The Morgan fingerprint density at radius 1 is 1.19 bits per heavy atom. The molecular formula is C20H21F3N4. The summed E-state index contributed by atoms with van der Waals surface area (Å²) < 4.78 is 38.7. The summed E-state index contributed by atoms with van der Waals surface area (Å²) in [5, 5.41) is 11.6. The second kappa shape index (κ2) is 7.23. The van der Waals surface area contributed by atoms with Gasteiger partial charge in [0.1, 0.15) is 0 Å². The van der Waals surface area contributed by atoms with Crippen molar-refractivity contribution in [3.8, 4) is 0 Å². The number of hydrogen-bond acceptors (Lipinski definition) is 3. The summed E-state index contributed by atoms with van der Waals surface area (Å²) in [5.41, 5.74) is 2.15. The van der Waals surface area contributed by atoms with E-state index in [0.717, 1.165) is 48.6 Å². The lowest BCUT2D eigenvalue weighted by atomic mass is 10.0. The Labute approximate surface area is 155 Å². The fourth-order valence-corrected chi connectivity index (χ4v) is 3.69. The molecule has 142 valence electrons. The summed E-state index contributed by atoms with van der Waals surface area (Å²) in [7, 11) is 0. The Bertz CT molecular complexity index is 919. The van der Waals surface area contributed by atoms with Crippen molar-refractivity contribution in [3.63, 3.8) is 0 Å². The lowest BCUT2D eigenvalue weighted by Gasteiger charge is -2.33. The highest BCUT2D eigenvalue weighted by atomic mass is 19.4. The molecule has 2 heterocycles. The maximum Gasteiger partial charge on any atom is 0.416 e. The summed E-state index contributed by atoms with van der Waals surface area (Å²) >= 11 is 0. The average molecular weight is 374 g/mol. The summed E-state index contributed by atoms with van der Waals surface area (Å²) in [6.45, 7) is 2.23. The number of alkyl halides is 3.